The van der Waals surface area contributed by atoms with E-state index in [0.29, 0.717) is 11.4 Å². The average Bonchev–Trinajstić information content (AvgIpc) is 2.65. The smallest absolute Gasteiger partial charge is 0.225 e. The molecule has 132 valence electrons. The Morgan fingerprint density at radius 3 is 2.48 bits per heavy atom. The van der Waals surface area contributed by atoms with Crippen LogP contribution in [0.5, 0.6) is 0 Å². The maximum Gasteiger partial charge on any atom is 0.225 e. The summed E-state index contributed by atoms with van der Waals surface area (Å²) in [7, 11) is 0. The summed E-state index contributed by atoms with van der Waals surface area (Å²) < 4.78 is 0. The van der Waals surface area contributed by atoms with Crippen LogP contribution in [0.1, 0.15) is 12.0 Å². The zero-order valence-electron chi connectivity index (χ0n) is 14.5. The number of amides is 1. The fourth-order valence-corrected chi connectivity index (χ4v) is 3.26. The number of para-hydroxylation sites is 1. The minimum atomic E-state index is 0.0378. The standard InChI is InChI=1S/C20H24ClN3O/c1-16-18(21)8-5-9-19(16)22-20(25)10-11-23-12-14-24(15-13-23)17-6-3-2-4-7-17/h2-9H,10-15H2,1H3,(H,22,25). The molecule has 0 spiro atoms. The van der Waals surface area contributed by atoms with Crippen LogP contribution in [0.15, 0.2) is 48.5 Å². The van der Waals surface area contributed by atoms with Crippen LogP contribution in [-0.4, -0.2) is 43.5 Å². The largest absolute Gasteiger partial charge is 0.369 e. The van der Waals surface area contributed by atoms with Crippen molar-refractivity contribution in [1.29, 1.82) is 0 Å². The second-order valence-corrected chi connectivity index (χ2v) is 6.78. The Morgan fingerprint density at radius 2 is 1.76 bits per heavy atom. The molecule has 2 aromatic rings. The number of carbonyl (C=O) groups is 1. The summed E-state index contributed by atoms with van der Waals surface area (Å²) in [4.78, 5) is 17.0. The molecule has 0 atom stereocenters. The van der Waals surface area contributed by atoms with Gasteiger partial charge in [0.05, 0.1) is 0 Å². The lowest BCUT2D eigenvalue weighted by Crippen LogP contribution is -2.47. The minimum absolute atomic E-state index is 0.0378. The van der Waals surface area contributed by atoms with Crippen molar-refractivity contribution in [3.63, 3.8) is 0 Å². The lowest BCUT2D eigenvalue weighted by atomic mass is 10.2. The van der Waals surface area contributed by atoms with Crippen molar-refractivity contribution >= 4 is 28.9 Å². The van der Waals surface area contributed by atoms with Gasteiger partial charge in [-0.05, 0) is 36.8 Å². The van der Waals surface area contributed by atoms with E-state index in [1.807, 2.05) is 31.2 Å². The molecule has 1 heterocycles. The molecule has 4 nitrogen and oxygen atoms in total. The highest BCUT2D eigenvalue weighted by Crippen LogP contribution is 2.23. The van der Waals surface area contributed by atoms with Crippen molar-refractivity contribution in [2.24, 2.45) is 0 Å². The van der Waals surface area contributed by atoms with Crippen LogP contribution in [0.25, 0.3) is 0 Å². The SMILES string of the molecule is Cc1c(Cl)cccc1NC(=O)CCN1CCN(c2ccccc2)CC1. The quantitative estimate of drug-likeness (QED) is 0.884. The number of hydrogen-bond donors (Lipinski definition) is 1. The third-order valence-electron chi connectivity index (χ3n) is 4.69. The summed E-state index contributed by atoms with van der Waals surface area (Å²) in [6.07, 6.45) is 0.497. The van der Waals surface area contributed by atoms with Gasteiger partial charge in [-0.15, -0.1) is 0 Å². The van der Waals surface area contributed by atoms with Crippen molar-refractivity contribution in [2.75, 3.05) is 42.9 Å². The van der Waals surface area contributed by atoms with Crippen LogP contribution in [0.3, 0.4) is 0 Å². The Balaban J connectivity index is 1.44. The van der Waals surface area contributed by atoms with Crippen LogP contribution in [0, 0.1) is 6.92 Å². The van der Waals surface area contributed by atoms with Crippen molar-refractivity contribution in [3.05, 3.63) is 59.1 Å². The summed E-state index contributed by atoms with van der Waals surface area (Å²) in [5.41, 5.74) is 2.98. The number of nitrogens with zero attached hydrogens (tertiary/aromatic N) is 2. The van der Waals surface area contributed by atoms with Gasteiger partial charge in [0.2, 0.25) is 5.91 Å². The van der Waals surface area contributed by atoms with Crippen LogP contribution in [0.2, 0.25) is 5.02 Å². The van der Waals surface area contributed by atoms with Crippen LogP contribution in [-0.2, 0) is 4.79 Å². The first-order chi connectivity index (χ1) is 12.1. The Labute approximate surface area is 154 Å². The first-order valence-electron chi connectivity index (χ1n) is 8.71. The molecular weight excluding hydrogens is 334 g/mol. The lowest BCUT2D eigenvalue weighted by molar-refractivity contribution is -0.116. The van der Waals surface area contributed by atoms with Gasteiger partial charge in [-0.2, -0.15) is 0 Å². The molecule has 1 amide bonds. The molecular formula is C20H24ClN3O. The number of anilines is 2. The molecule has 1 saturated heterocycles. The molecule has 3 rings (SSSR count). The van der Waals surface area contributed by atoms with E-state index in [2.05, 4.69) is 39.4 Å². The first-order valence-corrected chi connectivity index (χ1v) is 9.08. The van der Waals surface area contributed by atoms with Crippen LogP contribution < -0.4 is 10.2 Å². The van der Waals surface area contributed by atoms with Gasteiger partial charge in [-0.1, -0.05) is 35.9 Å². The zero-order valence-corrected chi connectivity index (χ0v) is 15.3. The number of rotatable bonds is 5. The lowest BCUT2D eigenvalue weighted by Gasteiger charge is -2.36. The summed E-state index contributed by atoms with van der Waals surface area (Å²) in [5.74, 6) is 0.0378. The van der Waals surface area contributed by atoms with E-state index < -0.39 is 0 Å². The number of piperazine rings is 1. The molecule has 1 aliphatic rings. The molecule has 0 saturated carbocycles. The molecule has 2 aromatic carbocycles. The number of nitrogens with one attached hydrogen (secondary N) is 1. The van der Waals surface area contributed by atoms with E-state index in [0.717, 1.165) is 44.0 Å². The third kappa shape index (κ3) is 4.74. The molecule has 25 heavy (non-hydrogen) atoms. The Morgan fingerprint density at radius 1 is 1.04 bits per heavy atom. The van der Waals surface area contributed by atoms with E-state index in [9.17, 15) is 4.79 Å². The average molecular weight is 358 g/mol. The summed E-state index contributed by atoms with van der Waals surface area (Å²) in [6, 6.07) is 16.1. The number of benzene rings is 2. The van der Waals surface area contributed by atoms with Crippen molar-refractivity contribution in [1.82, 2.24) is 4.90 Å². The summed E-state index contributed by atoms with van der Waals surface area (Å²) in [5, 5.41) is 3.64. The Bertz CT molecular complexity index is 712. The highest BCUT2D eigenvalue weighted by molar-refractivity contribution is 6.31. The highest BCUT2D eigenvalue weighted by atomic mass is 35.5. The number of hydrogen-bond acceptors (Lipinski definition) is 3. The highest BCUT2D eigenvalue weighted by Gasteiger charge is 2.17. The Hall–Kier alpha value is -2.04. The maximum absolute atomic E-state index is 12.2. The summed E-state index contributed by atoms with van der Waals surface area (Å²) >= 11 is 6.10. The van der Waals surface area contributed by atoms with Gasteiger partial charge in [0.25, 0.3) is 0 Å². The third-order valence-corrected chi connectivity index (χ3v) is 5.10. The fraction of sp³-hybridized carbons (Fsp3) is 0.350. The van der Waals surface area contributed by atoms with E-state index in [1.54, 1.807) is 0 Å². The normalized spacial score (nSPS) is 15.2. The van der Waals surface area contributed by atoms with E-state index in [4.69, 9.17) is 11.6 Å². The van der Waals surface area contributed by atoms with E-state index in [1.165, 1.54) is 5.69 Å². The topological polar surface area (TPSA) is 35.6 Å². The van der Waals surface area contributed by atoms with Gasteiger partial charge in [-0.3, -0.25) is 9.69 Å². The molecule has 0 unspecified atom stereocenters. The van der Waals surface area contributed by atoms with Crippen molar-refractivity contribution in [2.45, 2.75) is 13.3 Å². The zero-order chi connectivity index (χ0) is 17.6. The monoisotopic (exact) mass is 357 g/mol. The fourth-order valence-electron chi connectivity index (χ4n) is 3.08. The van der Waals surface area contributed by atoms with Crippen LogP contribution in [0.4, 0.5) is 11.4 Å². The molecule has 0 bridgehead atoms. The number of carbonyl (C=O) groups excluding carboxylic acids is 1. The van der Waals surface area contributed by atoms with Crippen LogP contribution >= 0.6 is 11.6 Å². The second kappa shape index (κ2) is 8.37. The molecule has 5 heteroatoms. The van der Waals surface area contributed by atoms with Gasteiger partial charge >= 0.3 is 0 Å². The van der Waals surface area contributed by atoms with E-state index in [-0.39, 0.29) is 5.91 Å². The molecule has 1 aliphatic heterocycles. The van der Waals surface area contributed by atoms with Crippen molar-refractivity contribution < 1.29 is 4.79 Å². The molecule has 0 radical (unpaired) electrons. The minimum Gasteiger partial charge on any atom is -0.369 e. The predicted octanol–water partition coefficient (Wildman–Crippen LogP) is 3.80. The predicted molar refractivity (Wildman–Crippen MR) is 105 cm³/mol. The van der Waals surface area contributed by atoms with Crippen molar-refractivity contribution in [3.8, 4) is 0 Å². The molecule has 1 N–H and O–H groups in total. The molecule has 1 fully saturated rings. The second-order valence-electron chi connectivity index (χ2n) is 6.37. The molecule has 0 aromatic heterocycles. The maximum atomic E-state index is 12.2. The number of halogens is 1. The van der Waals surface area contributed by atoms with Gasteiger partial charge in [-0.25, -0.2) is 0 Å². The van der Waals surface area contributed by atoms with Gasteiger partial charge in [0.1, 0.15) is 0 Å². The van der Waals surface area contributed by atoms with Gasteiger partial charge in [0, 0.05) is 55.5 Å². The Kier molecular flexibility index (Phi) is 5.95. The van der Waals surface area contributed by atoms with E-state index >= 15 is 0 Å². The first kappa shape index (κ1) is 17.8. The van der Waals surface area contributed by atoms with Gasteiger partial charge < -0.3 is 10.2 Å². The molecule has 0 aliphatic carbocycles. The van der Waals surface area contributed by atoms with Gasteiger partial charge in [0.15, 0.2) is 0 Å². The summed E-state index contributed by atoms with van der Waals surface area (Å²) in [6.45, 7) is 6.67.